The standard InChI is InChI=1S/C20H29N3O6S/c1-30(27,28)23-10-4-8-15(17(24)13-23)21-19(25)16(12-14-6-2-3-7-14)22-20(26)18-9-5-11-29-18/h5,9,11,14-16H,2-4,6-8,10,12-13H2,1H3,(H,21,25)(H,22,26)/t15?,16-/m0/s1. The number of nitrogens with one attached hydrogen (secondary N) is 2. The number of rotatable bonds is 7. The quantitative estimate of drug-likeness (QED) is 0.654. The van der Waals surface area contributed by atoms with E-state index in [4.69, 9.17) is 4.42 Å². The van der Waals surface area contributed by atoms with Gasteiger partial charge in [0.1, 0.15) is 6.04 Å². The van der Waals surface area contributed by atoms with Crippen molar-refractivity contribution in [2.45, 2.75) is 57.0 Å². The Bertz CT molecular complexity index is 861. The lowest BCUT2D eigenvalue weighted by Crippen LogP contribution is -2.52. The zero-order valence-electron chi connectivity index (χ0n) is 17.1. The molecular formula is C20H29N3O6S. The largest absolute Gasteiger partial charge is 0.459 e. The SMILES string of the molecule is CS(=O)(=O)N1CCCC(NC(=O)[C@H](CC2CCCC2)NC(=O)c2ccco2)C(=O)C1. The average molecular weight is 440 g/mol. The van der Waals surface area contributed by atoms with E-state index in [-0.39, 0.29) is 24.6 Å². The van der Waals surface area contributed by atoms with Crippen molar-refractivity contribution in [3.05, 3.63) is 24.2 Å². The third-order valence-electron chi connectivity index (χ3n) is 5.82. The first-order valence-electron chi connectivity index (χ1n) is 10.4. The fraction of sp³-hybridized carbons (Fsp3) is 0.650. The lowest BCUT2D eigenvalue weighted by Gasteiger charge is -2.24. The normalized spacial score (nSPS) is 22.4. The highest BCUT2D eigenvalue weighted by molar-refractivity contribution is 7.88. The van der Waals surface area contributed by atoms with Crippen LogP contribution in [0.25, 0.3) is 0 Å². The lowest BCUT2D eigenvalue weighted by atomic mass is 9.97. The Labute approximate surface area is 176 Å². The number of hydrogen-bond donors (Lipinski definition) is 2. The summed E-state index contributed by atoms with van der Waals surface area (Å²) in [6, 6.07) is 1.57. The Morgan fingerprint density at radius 2 is 1.97 bits per heavy atom. The summed E-state index contributed by atoms with van der Waals surface area (Å²) >= 11 is 0. The van der Waals surface area contributed by atoms with Gasteiger partial charge in [0.05, 0.1) is 25.1 Å². The Hall–Kier alpha value is -2.20. The molecular weight excluding hydrogens is 410 g/mol. The Morgan fingerprint density at radius 3 is 2.60 bits per heavy atom. The van der Waals surface area contributed by atoms with Crippen LogP contribution in [0.15, 0.2) is 22.8 Å². The predicted octanol–water partition coefficient (Wildman–Crippen LogP) is 1.07. The molecule has 2 aliphatic rings. The van der Waals surface area contributed by atoms with Gasteiger partial charge in [0.25, 0.3) is 5.91 Å². The summed E-state index contributed by atoms with van der Waals surface area (Å²) in [5.74, 6) is -0.790. The number of hydrogen-bond acceptors (Lipinski definition) is 6. The Kier molecular flexibility index (Phi) is 7.30. The molecule has 1 saturated carbocycles. The van der Waals surface area contributed by atoms with Crippen molar-refractivity contribution in [1.82, 2.24) is 14.9 Å². The number of ketones is 1. The minimum Gasteiger partial charge on any atom is -0.459 e. The molecule has 1 saturated heterocycles. The van der Waals surface area contributed by atoms with E-state index in [0.717, 1.165) is 36.2 Å². The topological polar surface area (TPSA) is 126 Å². The van der Waals surface area contributed by atoms with Crippen LogP contribution in [0.2, 0.25) is 0 Å². The van der Waals surface area contributed by atoms with Gasteiger partial charge in [-0.3, -0.25) is 14.4 Å². The molecule has 1 aromatic heterocycles. The van der Waals surface area contributed by atoms with Gasteiger partial charge in [0.2, 0.25) is 15.9 Å². The van der Waals surface area contributed by atoms with Crippen LogP contribution in [0.1, 0.15) is 55.5 Å². The maximum atomic E-state index is 13.0. The molecule has 2 heterocycles. The van der Waals surface area contributed by atoms with Crippen LogP contribution >= 0.6 is 0 Å². The Balaban J connectivity index is 1.67. The molecule has 1 aromatic rings. The monoisotopic (exact) mass is 439 g/mol. The molecule has 166 valence electrons. The van der Waals surface area contributed by atoms with E-state index in [2.05, 4.69) is 10.6 Å². The van der Waals surface area contributed by atoms with Crippen molar-refractivity contribution >= 4 is 27.6 Å². The van der Waals surface area contributed by atoms with Crippen LogP contribution in [0, 0.1) is 5.92 Å². The summed E-state index contributed by atoms with van der Waals surface area (Å²) in [6.45, 7) is -0.00645. The second kappa shape index (κ2) is 9.74. The first-order valence-corrected chi connectivity index (χ1v) is 12.2. The average Bonchev–Trinajstić information content (AvgIpc) is 3.35. The van der Waals surface area contributed by atoms with Gasteiger partial charge in [-0.2, -0.15) is 4.31 Å². The van der Waals surface area contributed by atoms with E-state index in [9.17, 15) is 22.8 Å². The number of carbonyl (C=O) groups is 3. The Morgan fingerprint density at radius 1 is 1.23 bits per heavy atom. The van der Waals surface area contributed by atoms with Crippen molar-refractivity contribution in [2.75, 3.05) is 19.3 Å². The first kappa shape index (κ1) is 22.5. The van der Waals surface area contributed by atoms with E-state index in [1.807, 2.05) is 0 Å². The molecule has 2 atom stereocenters. The highest BCUT2D eigenvalue weighted by Gasteiger charge is 2.33. The number of amides is 2. The molecule has 3 rings (SSSR count). The van der Waals surface area contributed by atoms with E-state index >= 15 is 0 Å². The number of carbonyl (C=O) groups excluding carboxylic acids is 3. The molecule has 1 unspecified atom stereocenters. The highest BCUT2D eigenvalue weighted by Crippen LogP contribution is 2.29. The zero-order chi connectivity index (χ0) is 21.7. The maximum absolute atomic E-state index is 13.0. The van der Waals surface area contributed by atoms with Crippen molar-refractivity contribution in [1.29, 1.82) is 0 Å². The predicted molar refractivity (Wildman–Crippen MR) is 109 cm³/mol. The molecule has 0 bridgehead atoms. The van der Waals surface area contributed by atoms with Crippen molar-refractivity contribution in [2.24, 2.45) is 5.92 Å². The number of furan rings is 1. The van der Waals surface area contributed by atoms with Gasteiger partial charge < -0.3 is 15.1 Å². The number of sulfonamides is 1. The second-order valence-corrected chi connectivity index (χ2v) is 10.1. The van der Waals surface area contributed by atoms with Gasteiger partial charge in [0, 0.05) is 6.54 Å². The van der Waals surface area contributed by atoms with Gasteiger partial charge in [-0.15, -0.1) is 0 Å². The van der Waals surface area contributed by atoms with Crippen LogP contribution in [0.4, 0.5) is 0 Å². The van der Waals surface area contributed by atoms with Gasteiger partial charge in [-0.25, -0.2) is 8.42 Å². The molecule has 1 aliphatic heterocycles. The molecule has 0 radical (unpaired) electrons. The molecule has 2 N–H and O–H groups in total. The van der Waals surface area contributed by atoms with Crippen LogP contribution in [0.3, 0.4) is 0 Å². The summed E-state index contributed by atoms with van der Waals surface area (Å²) in [5, 5.41) is 5.49. The van der Waals surface area contributed by atoms with Crippen molar-refractivity contribution < 1.29 is 27.2 Å². The summed E-state index contributed by atoms with van der Waals surface area (Å²) in [5.41, 5.74) is 0. The molecule has 1 aliphatic carbocycles. The molecule has 9 nitrogen and oxygen atoms in total. The maximum Gasteiger partial charge on any atom is 0.287 e. The van der Waals surface area contributed by atoms with E-state index in [1.165, 1.54) is 12.3 Å². The summed E-state index contributed by atoms with van der Waals surface area (Å²) in [7, 11) is -3.47. The number of Topliss-reactive ketones (excluding diaryl/α,β-unsaturated/α-hetero) is 1. The van der Waals surface area contributed by atoms with E-state index < -0.39 is 33.9 Å². The minimum atomic E-state index is -3.47. The lowest BCUT2D eigenvalue weighted by molar-refractivity contribution is -0.129. The fourth-order valence-corrected chi connectivity index (χ4v) is 4.97. The van der Waals surface area contributed by atoms with Gasteiger partial charge in [-0.05, 0) is 37.3 Å². The first-order chi connectivity index (χ1) is 14.2. The zero-order valence-corrected chi connectivity index (χ0v) is 17.9. The molecule has 2 amide bonds. The van der Waals surface area contributed by atoms with Crippen molar-refractivity contribution in [3.8, 4) is 0 Å². The molecule has 10 heteroatoms. The summed E-state index contributed by atoms with van der Waals surface area (Å²) in [6.07, 6.45) is 8.00. The minimum absolute atomic E-state index is 0.119. The van der Waals surface area contributed by atoms with E-state index in [0.29, 0.717) is 25.2 Å². The van der Waals surface area contributed by atoms with Crippen LogP contribution in [-0.4, -0.2) is 61.7 Å². The van der Waals surface area contributed by atoms with Gasteiger partial charge in [-0.1, -0.05) is 25.7 Å². The van der Waals surface area contributed by atoms with Gasteiger partial charge in [0.15, 0.2) is 11.5 Å². The summed E-state index contributed by atoms with van der Waals surface area (Å²) < 4.78 is 29.8. The molecule has 2 fully saturated rings. The smallest absolute Gasteiger partial charge is 0.287 e. The van der Waals surface area contributed by atoms with Crippen molar-refractivity contribution in [3.63, 3.8) is 0 Å². The molecule has 30 heavy (non-hydrogen) atoms. The molecule has 0 spiro atoms. The second-order valence-electron chi connectivity index (χ2n) is 8.16. The van der Waals surface area contributed by atoms with Gasteiger partial charge >= 0.3 is 0 Å². The number of nitrogens with zero attached hydrogens (tertiary/aromatic N) is 1. The fourth-order valence-electron chi connectivity index (χ4n) is 4.15. The van der Waals surface area contributed by atoms with E-state index in [1.54, 1.807) is 6.07 Å². The third kappa shape index (κ3) is 5.91. The summed E-state index contributed by atoms with van der Waals surface area (Å²) in [4.78, 5) is 38.0. The third-order valence-corrected chi connectivity index (χ3v) is 7.07. The van der Waals surface area contributed by atoms with Crippen LogP contribution in [0.5, 0.6) is 0 Å². The van der Waals surface area contributed by atoms with Crippen LogP contribution in [-0.2, 0) is 19.6 Å². The molecule has 0 aromatic carbocycles. The van der Waals surface area contributed by atoms with Crippen LogP contribution < -0.4 is 10.6 Å². The highest BCUT2D eigenvalue weighted by atomic mass is 32.2.